The Morgan fingerprint density at radius 3 is 2.52 bits per heavy atom. The Labute approximate surface area is 193 Å². The highest BCUT2D eigenvalue weighted by Crippen LogP contribution is 2.26. The molecule has 0 saturated carbocycles. The Kier molecular flexibility index (Phi) is 7.00. The molecule has 0 fully saturated rings. The molecule has 0 bridgehead atoms. The van der Waals surface area contributed by atoms with Crippen molar-refractivity contribution in [3.63, 3.8) is 0 Å². The summed E-state index contributed by atoms with van der Waals surface area (Å²) < 4.78 is 12.4. The lowest BCUT2D eigenvalue weighted by Crippen LogP contribution is -2.23. The number of hydrogen-bond donors (Lipinski definition) is 1. The number of nitrogens with zero attached hydrogens (tertiary/aromatic N) is 3. The number of nitrogens with one attached hydrogen (secondary N) is 1. The fourth-order valence-electron chi connectivity index (χ4n) is 3.56. The van der Waals surface area contributed by atoms with Crippen LogP contribution in [0.2, 0.25) is 0 Å². The van der Waals surface area contributed by atoms with E-state index in [2.05, 4.69) is 10.4 Å². The highest BCUT2D eigenvalue weighted by Gasteiger charge is 2.18. The first-order chi connectivity index (χ1) is 16.1. The number of amides is 1. The summed E-state index contributed by atoms with van der Waals surface area (Å²) >= 11 is 0. The molecule has 2 heterocycles. The van der Waals surface area contributed by atoms with Crippen molar-refractivity contribution in [2.24, 2.45) is 0 Å². The third-order valence-corrected chi connectivity index (χ3v) is 5.30. The van der Waals surface area contributed by atoms with E-state index in [1.165, 1.54) is 0 Å². The van der Waals surface area contributed by atoms with Gasteiger partial charge in [0, 0.05) is 25.3 Å². The van der Waals surface area contributed by atoms with Gasteiger partial charge in [-0.2, -0.15) is 5.10 Å². The largest absolute Gasteiger partial charge is 0.491 e. The fraction of sp³-hybridized carbons (Fsp3) is 0.269. The number of carbonyl (C=O) groups is 1. The normalized spacial score (nSPS) is 11.2. The lowest BCUT2D eigenvalue weighted by atomic mass is 10.1. The van der Waals surface area contributed by atoms with Crippen molar-refractivity contribution in [2.75, 3.05) is 20.3 Å². The average molecular weight is 445 g/mol. The van der Waals surface area contributed by atoms with Crippen LogP contribution < -0.4 is 10.1 Å². The standard InChI is InChI=1S/C26H28N4O3/c1-18(2)30-25-23(17-28-30)22(15-24(29-25)20-7-5-4-6-8-20)26(31)27-16-19-9-11-21(12-10-19)33-14-13-32-3/h4-12,15,17-18H,13-14,16H2,1-3H3,(H,27,31). The van der Waals surface area contributed by atoms with Crippen LogP contribution in [0.4, 0.5) is 0 Å². The van der Waals surface area contributed by atoms with Gasteiger partial charge in [-0.25, -0.2) is 9.67 Å². The lowest BCUT2D eigenvalue weighted by molar-refractivity contribution is 0.0952. The molecule has 4 rings (SSSR count). The number of hydrogen-bond acceptors (Lipinski definition) is 5. The second-order valence-corrected chi connectivity index (χ2v) is 8.01. The average Bonchev–Trinajstić information content (AvgIpc) is 3.28. The molecule has 7 nitrogen and oxygen atoms in total. The Morgan fingerprint density at radius 1 is 1.06 bits per heavy atom. The van der Waals surface area contributed by atoms with Crippen LogP contribution >= 0.6 is 0 Å². The van der Waals surface area contributed by atoms with Gasteiger partial charge in [0.25, 0.3) is 5.91 Å². The minimum Gasteiger partial charge on any atom is -0.491 e. The number of ether oxygens (including phenoxy) is 2. The quantitative estimate of drug-likeness (QED) is 0.381. The molecule has 0 spiro atoms. The van der Waals surface area contributed by atoms with Crippen LogP contribution in [0, 0.1) is 0 Å². The number of carbonyl (C=O) groups excluding carboxylic acids is 1. The number of methoxy groups -OCH3 is 1. The molecule has 0 radical (unpaired) electrons. The smallest absolute Gasteiger partial charge is 0.252 e. The SMILES string of the molecule is COCCOc1ccc(CNC(=O)c2cc(-c3ccccc3)nc3c2cnn3C(C)C)cc1. The molecule has 0 unspecified atom stereocenters. The van der Waals surface area contributed by atoms with Crippen molar-refractivity contribution in [2.45, 2.75) is 26.4 Å². The summed E-state index contributed by atoms with van der Waals surface area (Å²) in [6, 6.07) is 19.5. The summed E-state index contributed by atoms with van der Waals surface area (Å²) in [5.74, 6) is 0.606. The molecule has 4 aromatic rings. The molecule has 2 aromatic carbocycles. The van der Waals surface area contributed by atoms with E-state index in [0.29, 0.717) is 31.0 Å². The van der Waals surface area contributed by atoms with E-state index in [9.17, 15) is 4.79 Å². The van der Waals surface area contributed by atoms with E-state index in [1.54, 1.807) is 13.3 Å². The van der Waals surface area contributed by atoms with Crippen molar-refractivity contribution in [3.8, 4) is 17.0 Å². The van der Waals surface area contributed by atoms with Gasteiger partial charge in [-0.05, 0) is 37.6 Å². The van der Waals surface area contributed by atoms with E-state index >= 15 is 0 Å². The maximum absolute atomic E-state index is 13.2. The predicted molar refractivity (Wildman–Crippen MR) is 128 cm³/mol. The number of aromatic nitrogens is 3. The van der Waals surface area contributed by atoms with Crippen LogP contribution in [0.25, 0.3) is 22.3 Å². The molecule has 2 aromatic heterocycles. The van der Waals surface area contributed by atoms with Gasteiger partial charge in [0.05, 0.1) is 29.4 Å². The van der Waals surface area contributed by atoms with E-state index < -0.39 is 0 Å². The van der Waals surface area contributed by atoms with Crippen molar-refractivity contribution in [1.82, 2.24) is 20.1 Å². The van der Waals surface area contributed by atoms with Gasteiger partial charge in [0.15, 0.2) is 5.65 Å². The number of benzene rings is 2. The highest BCUT2D eigenvalue weighted by molar-refractivity contribution is 6.06. The number of fused-ring (bicyclic) bond motifs is 1. The minimum atomic E-state index is -0.164. The van der Waals surface area contributed by atoms with Gasteiger partial charge in [-0.1, -0.05) is 42.5 Å². The zero-order chi connectivity index (χ0) is 23.2. The van der Waals surface area contributed by atoms with Crippen LogP contribution in [-0.4, -0.2) is 41.0 Å². The van der Waals surface area contributed by atoms with Gasteiger partial charge in [-0.3, -0.25) is 4.79 Å². The minimum absolute atomic E-state index is 0.126. The molecule has 1 amide bonds. The number of rotatable bonds is 9. The Hall–Kier alpha value is -3.71. The Balaban J connectivity index is 1.57. The summed E-state index contributed by atoms with van der Waals surface area (Å²) in [6.45, 7) is 5.53. The topological polar surface area (TPSA) is 78.3 Å². The first kappa shape index (κ1) is 22.5. The lowest BCUT2D eigenvalue weighted by Gasteiger charge is -2.11. The molecular formula is C26H28N4O3. The van der Waals surface area contributed by atoms with Crippen molar-refractivity contribution < 1.29 is 14.3 Å². The molecule has 0 saturated heterocycles. The summed E-state index contributed by atoms with van der Waals surface area (Å²) in [5, 5.41) is 8.25. The molecular weight excluding hydrogens is 416 g/mol. The molecule has 0 aliphatic heterocycles. The van der Waals surface area contributed by atoms with Crippen molar-refractivity contribution >= 4 is 16.9 Å². The monoisotopic (exact) mass is 444 g/mol. The molecule has 170 valence electrons. The molecule has 33 heavy (non-hydrogen) atoms. The van der Waals surface area contributed by atoms with Crippen molar-refractivity contribution in [3.05, 3.63) is 78.0 Å². The second-order valence-electron chi connectivity index (χ2n) is 8.01. The van der Waals surface area contributed by atoms with Gasteiger partial charge in [0.2, 0.25) is 0 Å². The van der Waals surface area contributed by atoms with E-state index in [0.717, 1.165) is 28.0 Å². The van der Waals surface area contributed by atoms with Crippen LogP contribution in [0.5, 0.6) is 5.75 Å². The first-order valence-electron chi connectivity index (χ1n) is 11.0. The van der Waals surface area contributed by atoms with E-state index in [-0.39, 0.29) is 11.9 Å². The van der Waals surface area contributed by atoms with Crippen LogP contribution in [0.3, 0.4) is 0 Å². The summed E-state index contributed by atoms with van der Waals surface area (Å²) in [5.41, 5.74) is 3.94. The predicted octanol–water partition coefficient (Wildman–Crippen LogP) is 4.63. The second kappa shape index (κ2) is 10.3. The van der Waals surface area contributed by atoms with Gasteiger partial charge in [0.1, 0.15) is 12.4 Å². The first-order valence-corrected chi connectivity index (χ1v) is 11.0. The summed E-state index contributed by atoms with van der Waals surface area (Å²) in [7, 11) is 1.64. The summed E-state index contributed by atoms with van der Waals surface area (Å²) in [4.78, 5) is 18.0. The van der Waals surface area contributed by atoms with Gasteiger partial charge < -0.3 is 14.8 Å². The molecule has 1 N–H and O–H groups in total. The molecule has 0 aliphatic rings. The Bertz CT molecular complexity index is 1220. The van der Waals surface area contributed by atoms with E-state index in [4.69, 9.17) is 14.5 Å². The Morgan fingerprint density at radius 2 is 1.82 bits per heavy atom. The molecule has 0 atom stereocenters. The third kappa shape index (κ3) is 5.21. The molecule has 0 aliphatic carbocycles. The fourth-order valence-corrected chi connectivity index (χ4v) is 3.56. The third-order valence-electron chi connectivity index (χ3n) is 5.30. The number of pyridine rings is 1. The molecule has 7 heteroatoms. The maximum Gasteiger partial charge on any atom is 0.252 e. The van der Waals surface area contributed by atoms with Gasteiger partial charge >= 0.3 is 0 Å². The zero-order valence-electron chi connectivity index (χ0n) is 19.1. The van der Waals surface area contributed by atoms with Crippen LogP contribution in [0.15, 0.2) is 66.9 Å². The van der Waals surface area contributed by atoms with Gasteiger partial charge in [-0.15, -0.1) is 0 Å². The van der Waals surface area contributed by atoms with Crippen molar-refractivity contribution in [1.29, 1.82) is 0 Å². The zero-order valence-corrected chi connectivity index (χ0v) is 19.1. The van der Waals surface area contributed by atoms with Crippen LogP contribution in [0.1, 0.15) is 35.8 Å². The highest BCUT2D eigenvalue weighted by atomic mass is 16.5. The summed E-state index contributed by atoms with van der Waals surface area (Å²) in [6.07, 6.45) is 1.72. The maximum atomic E-state index is 13.2. The van der Waals surface area contributed by atoms with E-state index in [1.807, 2.05) is 79.2 Å². The van der Waals surface area contributed by atoms with Crippen LogP contribution in [-0.2, 0) is 11.3 Å².